The highest BCUT2D eigenvalue weighted by atomic mass is 19.3. The molecule has 1 fully saturated rings. The molecule has 0 bridgehead atoms. The fraction of sp³-hybridized carbons (Fsp3) is 0.517. The van der Waals surface area contributed by atoms with E-state index in [1.54, 1.807) is 50.2 Å². The zero-order chi connectivity index (χ0) is 30.7. The molecule has 1 aliphatic rings. The number of aromatic nitrogens is 1. The van der Waals surface area contributed by atoms with Crippen molar-refractivity contribution in [3.05, 3.63) is 59.8 Å². The van der Waals surface area contributed by atoms with Gasteiger partial charge in [-0.1, -0.05) is 30.3 Å². The van der Waals surface area contributed by atoms with Crippen LogP contribution in [0.25, 0.3) is 0 Å². The molecule has 4 amide bonds. The molecule has 1 heterocycles. The molecule has 13 heteroatoms. The van der Waals surface area contributed by atoms with E-state index in [1.165, 1.54) is 20.4 Å². The Hall–Kier alpha value is -3.84. The van der Waals surface area contributed by atoms with Gasteiger partial charge in [0.05, 0.1) is 12.1 Å². The SMILES string of the molecule is COC(OC)C(C)NC(=O)N[C@H](C)c1ccnc(NC(=O)[C@@H](NC(=O)OCc2ccccc2)C2CCC(F)(F)CC2)c1. The average molecular weight is 592 g/mol. The van der Waals surface area contributed by atoms with Gasteiger partial charge in [-0.15, -0.1) is 0 Å². The number of nitrogens with one attached hydrogen (secondary N) is 4. The first kappa shape index (κ1) is 32.7. The van der Waals surface area contributed by atoms with Crippen molar-refractivity contribution in [3.63, 3.8) is 0 Å². The summed E-state index contributed by atoms with van der Waals surface area (Å²) in [5.41, 5.74) is 1.40. The third-order valence-corrected chi connectivity index (χ3v) is 7.12. The minimum atomic E-state index is -2.80. The number of alkyl halides is 2. The van der Waals surface area contributed by atoms with Crippen LogP contribution in [0.3, 0.4) is 0 Å². The Bertz CT molecular complexity index is 1170. The second-order valence-electron chi connectivity index (χ2n) is 10.3. The highest BCUT2D eigenvalue weighted by Crippen LogP contribution is 2.37. The van der Waals surface area contributed by atoms with Crippen molar-refractivity contribution in [1.82, 2.24) is 20.9 Å². The summed E-state index contributed by atoms with van der Waals surface area (Å²) in [6, 6.07) is 9.80. The van der Waals surface area contributed by atoms with Crippen LogP contribution in [-0.2, 0) is 25.6 Å². The van der Waals surface area contributed by atoms with Crippen LogP contribution in [0.1, 0.15) is 56.7 Å². The summed E-state index contributed by atoms with van der Waals surface area (Å²) < 4.78 is 43.3. The summed E-state index contributed by atoms with van der Waals surface area (Å²) in [7, 11) is 2.94. The summed E-state index contributed by atoms with van der Waals surface area (Å²) in [5.74, 6) is -3.76. The van der Waals surface area contributed by atoms with E-state index in [4.69, 9.17) is 14.2 Å². The molecule has 1 aromatic heterocycles. The number of rotatable bonds is 12. The predicted octanol–water partition coefficient (Wildman–Crippen LogP) is 4.51. The fourth-order valence-electron chi connectivity index (χ4n) is 4.77. The van der Waals surface area contributed by atoms with Gasteiger partial charge in [0.25, 0.3) is 0 Å². The van der Waals surface area contributed by atoms with E-state index >= 15 is 0 Å². The zero-order valence-electron chi connectivity index (χ0n) is 24.2. The number of hydrogen-bond acceptors (Lipinski definition) is 7. The van der Waals surface area contributed by atoms with Crippen LogP contribution in [0, 0.1) is 5.92 Å². The lowest BCUT2D eigenvalue weighted by molar-refractivity contribution is -0.121. The average Bonchev–Trinajstić information content (AvgIpc) is 2.96. The molecule has 0 radical (unpaired) electrons. The van der Waals surface area contributed by atoms with Crippen molar-refractivity contribution in [2.24, 2.45) is 5.92 Å². The number of carbonyl (C=O) groups is 3. The van der Waals surface area contributed by atoms with Gasteiger partial charge in [0.2, 0.25) is 11.8 Å². The number of benzene rings is 1. The summed E-state index contributed by atoms with van der Waals surface area (Å²) in [5, 5.41) is 10.8. The number of pyridine rings is 1. The molecular weight excluding hydrogens is 552 g/mol. The van der Waals surface area contributed by atoms with Crippen molar-refractivity contribution < 1.29 is 37.4 Å². The number of carbonyl (C=O) groups excluding carboxylic acids is 3. The molecule has 1 aliphatic carbocycles. The quantitative estimate of drug-likeness (QED) is 0.266. The van der Waals surface area contributed by atoms with Crippen LogP contribution in [0.2, 0.25) is 0 Å². The number of nitrogens with zero attached hydrogens (tertiary/aromatic N) is 1. The van der Waals surface area contributed by atoms with E-state index in [-0.39, 0.29) is 38.1 Å². The van der Waals surface area contributed by atoms with E-state index in [9.17, 15) is 23.2 Å². The highest BCUT2D eigenvalue weighted by molar-refractivity contribution is 5.96. The molecule has 42 heavy (non-hydrogen) atoms. The lowest BCUT2D eigenvalue weighted by atomic mass is 9.81. The topological polar surface area (TPSA) is 140 Å². The van der Waals surface area contributed by atoms with Crippen LogP contribution in [0.15, 0.2) is 48.7 Å². The molecule has 0 aliphatic heterocycles. The number of ether oxygens (including phenoxy) is 3. The predicted molar refractivity (Wildman–Crippen MR) is 151 cm³/mol. The molecule has 1 saturated carbocycles. The smallest absolute Gasteiger partial charge is 0.408 e. The van der Waals surface area contributed by atoms with E-state index in [1.807, 2.05) is 6.07 Å². The zero-order valence-corrected chi connectivity index (χ0v) is 24.2. The number of methoxy groups -OCH3 is 2. The van der Waals surface area contributed by atoms with Gasteiger partial charge in [-0.3, -0.25) is 4.79 Å². The van der Waals surface area contributed by atoms with Crippen LogP contribution < -0.4 is 21.3 Å². The number of alkyl carbamates (subject to hydrolysis) is 1. The van der Waals surface area contributed by atoms with Gasteiger partial charge in [0.15, 0.2) is 6.29 Å². The molecule has 3 rings (SSSR count). The Morgan fingerprint density at radius 3 is 2.31 bits per heavy atom. The maximum Gasteiger partial charge on any atom is 0.408 e. The summed E-state index contributed by atoms with van der Waals surface area (Å²) >= 11 is 0. The van der Waals surface area contributed by atoms with E-state index in [0.29, 0.717) is 5.56 Å². The lowest BCUT2D eigenvalue weighted by Gasteiger charge is -2.33. The van der Waals surface area contributed by atoms with Crippen molar-refractivity contribution in [2.75, 3.05) is 19.5 Å². The lowest BCUT2D eigenvalue weighted by Crippen LogP contribution is -2.50. The molecule has 4 N–H and O–H groups in total. The van der Waals surface area contributed by atoms with Crippen LogP contribution in [0.5, 0.6) is 0 Å². The van der Waals surface area contributed by atoms with Gasteiger partial charge in [-0.05, 0) is 55.9 Å². The van der Waals surface area contributed by atoms with Gasteiger partial charge in [-0.25, -0.2) is 23.4 Å². The molecule has 2 aromatic rings. The van der Waals surface area contributed by atoms with Crippen LogP contribution >= 0.6 is 0 Å². The molecule has 0 spiro atoms. The Balaban J connectivity index is 1.65. The van der Waals surface area contributed by atoms with E-state index in [0.717, 1.165) is 5.56 Å². The third-order valence-electron chi connectivity index (χ3n) is 7.12. The number of urea groups is 1. The van der Waals surface area contributed by atoms with Crippen LogP contribution in [0.4, 0.5) is 24.2 Å². The van der Waals surface area contributed by atoms with Crippen molar-refractivity contribution in [3.8, 4) is 0 Å². The van der Waals surface area contributed by atoms with Gasteiger partial charge in [0, 0.05) is 33.3 Å². The molecule has 1 aromatic carbocycles. The van der Waals surface area contributed by atoms with Crippen molar-refractivity contribution >= 4 is 23.8 Å². The Labute approximate surface area is 244 Å². The summed E-state index contributed by atoms with van der Waals surface area (Å²) in [6.07, 6.45) is -0.641. The van der Waals surface area contributed by atoms with Gasteiger partial charge >= 0.3 is 12.1 Å². The second kappa shape index (κ2) is 15.4. The Morgan fingerprint density at radius 2 is 1.67 bits per heavy atom. The maximum atomic E-state index is 13.8. The van der Waals surface area contributed by atoms with Gasteiger partial charge in [0.1, 0.15) is 18.5 Å². The minimum absolute atomic E-state index is 0.0117. The summed E-state index contributed by atoms with van der Waals surface area (Å²) in [6.45, 7) is 3.48. The monoisotopic (exact) mass is 591 g/mol. The standard InChI is InChI=1S/C29H39F2N5O6/c1-18(33-27(38)34-19(2)26(40-3)41-4)22-12-15-32-23(16-22)35-25(37)24(21-10-13-29(30,31)14-11-21)36-28(39)42-17-20-8-6-5-7-9-20/h5-9,12,15-16,18-19,21,24,26H,10-11,13-14,17H2,1-4H3,(H,36,39)(H,32,35,37)(H2,33,34,38)/t18-,19?,24+/m1/s1. The van der Waals surface area contributed by atoms with E-state index in [2.05, 4.69) is 26.3 Å². The molecule has 11 nitrogen and oxygen atoms in total. The molecular formula is C29H39F2N5O6. The first-order valence-corrected chi connectivity index (χ1v) is 13.8. The summed E-state index contributed by atoms with van der Waals surface area (Å²) in [4.78, 5) is 42.6. The Kier molecular flexibility index (Phi) is 12.0. The van der Waals surface area contributed by atoms with Crippen molar-refractivity contribution in [2.45, 2.75) is 76.5 Å². The second-order valence-corrected chi connectivity index (χ2v) is 10.3. The highest BCUT2D eigenvalue weighted by Gasteiger charge is 2.40. The minimum Gasteiger partial charge on any atom is -0.445 e. The molecule has 0 saturated heterocycles. The van der Waals surface area contributed by atoms with E-state index < -0.39 is 54.3 Å². The molecule has 230 valence electrons. The number of hydrogen-bond donors (Lipinski definition) is 4. The van der Waals surface area contributed by atoms with Crippen LogP contribution in [-0.4, -0.2) is 61.5 Å². The first-order valence-electron chi connectivity index (χ1n) is 13.8. The van der Waals surface area contributed by atoms with Gasteiger partial charge in [-0.2, -0.15) is 0 Å². The maximum absolute atomic E-state index is 13.8. The fourth-order valence-corrected chi connectivity index (χ4v) is 4.77. The number of amides is 4. The third kappa shape index (κ3) is 9.91. The van der Waals surface area contributed by atoms with Gasteiger partial charge < -0.3 is 35.5 Å². The number of halogens is 2. The Morgan fingerprint density at radius 1 is 1.00 bits per heavy atom. The normalized spacial score (nSPS) is 17.0. The van der Waals surface area contributed by atoms with Crippen molar-refractivity contribution in [1.29, 1.82) is 0 Å². The molecule has 1 unspecified atom stereocenters. The largest absolute Gasteiger partial charge is 0.445 e. The first-order chi connectivity index (χ1) is 20.0. The number of anilines is 1. The molecule has 3 atom stereocenters.